The molecule has 6 nitrogen and oxygen atoms in total. The van der Waals surface area contributed by atoms with Crippen molar-refractivity contribution >= 4 is 28.3 Å². The Balaban J connectivity index is 0.00000288. The Hall–Kier alpha value is -1.22. The van der Waals surface area contributed by atoms with Crippen molar-refractivity contribution in [3.63, 3.8) is 0 Å². The second kappa shape index (κ2) is 8.75. The first-order chi connectivity index (χ1) is 10.8. The average Bonchev–Trinajstić information content (AvgIpc) is 2.54. The lowest BCUT2D eigenvalue weighted by Gasteiger charge is -2.34. The Morgan fingerprint density at radius 1 is 1.38 bits per heavy atom. The van der Waals surface area contributed by atoms with Gasteiger partial charge in [0.2, 0.25) is 15.9 Å². The van der Waals surface area contributed by atoms with Crippen LogP contribution < -0.4 is 10.0 Å². The number of halogens is 2. The van der Waals surface area contributed by atoms with Gasteiger partial charge in [-0.2, -0.15) is 4.72 Å². The Kier molecular flexibility index (Phi) is 7.59. The first-order valence-corrected chi connectivity index (χ1v) is 9.06. The molecule has 0 saturated carbocycles. The van der Waals surface area contributed by atoms with E-state index in [0.717, 1.165) is 18.9 Å². The monoisotopic (exact) mass is 379 g/mol. The number of hydrogen-bond donors (Lipinski definition) is 2. The maximum absolute atomic E-state index is 13.7. The molecule has 2 unspecified atom stereocenters. The van der Waals surface area contributed by atoms with Gasteiger partial charge in [0, 0.05) is 19.1 Å². The largest absolute Gasteiger partial charge is 0.340 e. The van der Waals surface area contributed by atoms with Gasteiger partial charge in [-0.3, -0.25) is 4.79 Å². The molecule has 1 aliphatic heterocycles. The number of likely N-dealkylation sites (N-methyl/N-ethyl adjacent to an activating group) is 1. The minimum Gasteiger partial charge on any atom is -0.340 e. The number of hydrogen-bond acceptors (Lipinski definition) is 4. The number of benzene rings is 1. The standard InChI is InChI=1S/C15H22FN3O3S.ClH/c1-11(15(20)19-9-5-6-12(10-19)17-2)18-23(21,22)14-8-4-3-7-13(14)16;/h3-4,7-8,11-12,17-18H,5-6,9-10H2,1-2H3;1H. The summed E-state index contributed by atoms with van der Waals surface area (Å²) >= 11 is 0. The molecular weight excluding hydrogens is 357 g/mol. The number of carbonyl (C=O) groups is 1. The lowest BCUT2D eigenvalue weighted by Crippen LogP contribution is -2.53. The van der Waals surface area contributed by atoms with Crippen molar-refractivity contribution in [1.29, 1.82) is 0 Å². The maximum atomic E-state index is 13.7. The summed E-state index contributed by atoms with van der Waals surface area (Å²) in [7, 11) is -2.24. The van der Waals surface area contributed by atoms with Crippen LogP contribution in [0.25, 0.3) is 0 Å². The maximum Gasteiger partial charge on any atom is 0.244 e. The van der Waals surface area contributed by atoms with E-state index in [1.165, 1.54) is 25.1 Å². The summed E-state index contributed by atoms with van der Waals surface area (Å²) < 4.78 is 40.4. The summed E-state index contributed by atoms with van der Waals surface area (Å²) in [6, 6.07) is 4.36. The van der Waals surface area contributed by atoms with Crippen LogP contribution in [0.4, 0.5) is 4.39 Å². The first-order valence-electron chi connectivity index (χ1n) is 7.58. The van der Waals surface area contributed by atoms with Crippen LogP contribution in [0.1, 0.15) is 19.8 Å². The Morgan fingerprint density at radius 3 is 2.67 bits per heavy atom. The molecule has 0 radical (unpaired) electrons. The van der Waals surface area contributed by atoms with E-state index in [-0.39, 0.29) is 24.4 Å². The number of sulfonamides is 1. The number of nitrogens with zero attached hydrogens (tertiary/aromatic N) is 1. The normalized spacial score (nSPS) is 19.5. The SMILES string of the molecule is CNC1CCCN(C(=O)C(C)NS(=O)(=O)c2ccccc2F)C1.Cl. The second-order valence-electron chi connectivity index (χ2n) is 5.69. The van der Waals surface area contributed by atoms with Crippen LogP contribution in [0, 0.1) is 5.82 Å². The molecule has 1 saturated heterocycles. The molecule has 2 N–H and O–H groups in total. The fourth-order valence-electron chi connectivity index (χ4n) is 2.70. The molecule has 1 amide bonds. The number of piperidine rings is 1. The molecule has 1 aromatic carbocycles. The van der Waals surface area contributed by atoms with Crippen molar-refractivity contribution in [3.8, 4) is 0 Å². The van der Waals surface area contributed by atoms with Crippen LogP contribution in [0.2, 0.25) is 0 Å². The predicted octanol–water partition coefficient (Wildman–Crippen LogP) is 1.12. The summed E-state index contributed by atoms with van der Waals surface area (Å²) in [6.45, 7) is 2.62. The van der Waals surface area contributed by atoms with Crippen LogP contribution in [0.5, 0.6) is 0 Å². The molecule has 1 aromatic rings. The van der Waals surface area contributed by atoms with Gasteiger partial charge in [-0.1, -0.05) is 12.1 Å². The van der Waals surface area contributed by atoms with Crippen molar-refractivity contribution < 1.29 is 17.6 Å². The summed E-state index contributed by atoms with van der Waals surface area (Å²) in [4.78, 5) is 13.6. The van der Waals surface area contributed by atoms with E-state index < -0.39 is 26.8 Å². The minimum atomic E-state index is -4.08. The molecule has 2 rings (SSSR count). The fourth-order valence-corrected chi connectivity index (χ4v) is 3.97. The van der Waals surface area contributed by atoms with Crippen molar-refractivity contribution in [2.75, 3.05) is 20.1 Å². The van der Waals surface area contributed by atoms with E-state index in [1.807, 2.05) is 7.05 Å². The van der Waals surface area contributed by atoms with Gasteiger partial charge in [0.05, 0.1) is 6.04 Å². The van der Waals surface area contributed by atoms with Crippen LogP contribution >= 0.6 is 12.4 Å². The predicted molar refractivity (Wildman–Crippen MR) is 92.1 cm³/mol. The van der Waals surface area contributed by atoms with Gasteiger partial charge in [0.25, 0.3) is 0 Å². The molecule has 0 aromatic heterocycles. The van der Waals surface area contributed by atoms with Crippen molar-refractivity contribution in [2.24, 2.45) is 0 Å². The Morgan fingerprint density at radius 2 is 2.04 bits per heavy atom. The Bertz CT molecular complexity index is 672. The van der Waals surface area contributed by atoms with Crippen molar-refractivity contribution in [3.05, 3.63) is 30.1 Å². The fraction of sp³-hybridized carbons (Fsp3) is 0.533. The smallest absolute Gasteiger partial charge is 0.244 e. The number of carbonyl (C=O) groups excluding carboxylic acids is 1. The average molecular weight is 380 g/mol. The third-order valence-corrected chi connectivity index (χ3v) is 5.54. The summed E-state index contributed by atoms with van der Waals surface area (Å²) in [5.41, 5.74) is 0. The van der Waals surface area contributed by atoms with Crippen molar-refractivity contribution in [2.45, 2.75) is 36.7 Å². The summed E-state index contributed by atoms with van der Waals surface area (Å²) in [5.74, 6) is -1.14. The lowest BCUT2D eigenvalue weighted by atomic mass is 10.1. The molecule has 24 heavy (non-hydrogen) atoms. The zero-order valence-corrected chi connectivity index (χ0v) is 15.3. The topological polar surface area (TPSA) is 78.5 Å². The highest BCUT2D eigenvalue weighted by Gasteiger charge is 2.29. The Labute approximate surface area is 148 Å². The highest BCUT2D eigenvalue weighted by atomic mass is 35.5. The zero-order chi connectivity index (χ0) is 17.0. The van der Waals surface area contributed by atoms with Gasteiger partial charge >= 0.3 is 0 Å². The molecule has 0 aliphatic carbocycles. The third kappa shape index (κ3) is 4.89. The van der Waals surface area contributed by atoms with E-state index in [1.54, 1.807) is 4.90 Å². The van der Waals surface area contributed by atoms with Gasteiger partial charge in [-0.05, 0) is 38.9 Å². The van der Waals surface area contributed by atoms with Gasteiger partial charge in [-0.15, -0.1) is 12.4 Å². The summed E-state index contributed by atoms with van der Waals surface area (Å²) in [5, 5.41) is 3.13. The van der Waals surface area contributed by atoms with E-state index in [0.29, 0.717) is 13.1 Å². The van der Waals surface area contributed by atoms with Gasteiger partial charge < -0.3 is 10.2 Å². The van der Waals surface area contributed by atoms with E-state index in [4.69, 9.17) is 0 Å². The van der Waals surface area contributed by atoms with E-state index >= 15 is 0 Å². The molecule has 0 bridgehead atoms. The molecule has 136 valence electrons. The van der Waals surface area contributed by atoms with E-state index in [2.05, 4.69) is 10.0 Å². The van der Waals surface area contributed by atoms with Crippen LogP contribution in [-0.2, 0) is 14.8 Å². The molecule has 0 spiro atoms. The number of rotatable bonds is 5. The van der Waals surface area contributed by atoms with Crippen LogP contribution in [0.3, 0.4) is 0 Å². The molecule has 9 heteroatoms. The number of amides is 1. The van der Waals surface area contributed by atoms with Crippen molar-refractivity contribution in [1.82, 2.24) is 14.9 Å². The lowest BCUT2D eigenvalue weighted by molar-refractivity contribution is -0.133. The highest BCUT2D eigenvalue weighted by Crippen LogP contribution is 2.15. The second-order valence-corrected chi connectivity index (χ2v) is 7.37. The van der Waals surface area contributed by atoms with E-state index in [9.17, 15) is 17.6 Å². The van der Waals surface area contributed by atoms with Crippen LogP contribution in [-0.4, -0.2) is 51.4 Å². The zero-order valence-electron chi connectivity index (χ0n) is 13.7. The van der Waals surface area contributed by atoms with Gasteiger partial charge in [0.1, 0.15) is 10.7 Å². The number of nitrogens with one attached hydrogen (secondary N) is 2. The van der Waals surface area contributed by atoms with Gasteiger partial charge in [-0.25, -0.2) is 12.8 Å². The van der Waals surface area contributed by atoms with Crippen LogP contribution in [0.15, 0.2) is 29.2 Å². The molecule has 2 atom stereocenters. The molecular formula is C15H23ClFN3O3S. The third-order valence-electron chi connectivity index (χ3n) is 3.97. The van der Waals surface area contributed by atoms with Gasteiger partial charge in [0.15, 0.2) is 0 Å². The first kappa shape index (κ1) is 20.8. The summed E-state index contributed by atoms with van der Waals surface area (Å²) in [6.07, 6.45) is 1.85. The number of likely N-dealkylation sites (tertiary alicyclic amines) is 1. The molecule has 1 fully saturated rings. The minimum absolute atomic E-state index is 0. The molecule has 1 heterocycles. The quantitative estimate of drug-likeness (QED) is 0.803. The molecule has 1 aliphatic rings. The highest BCUT2D eigenvalue weighted by molar-refractivity contribution is 7.89.